The van der Waals surface area contributed by atoms with Gasteiger partial charge in [-0.15, -0.1) is 0 Å². The van der Waals surface area contributed by atoms with Gasteiger partial charge in [0, 0.05) is 0 Å². The number of rotatable bonds is 14. The van der Waals surface area contributed by atoms with Gasteiger partial charge in [-0.2, -0.15) is 11.8 Å². The average molecular weight is 449 g/mol. The number of hydrogen-bond acceptors (Lipinski definition) is 8. The molecule has 0 fully saturated rings. The monoisotopic (exact) mass is 449 g/mol. The highest BCUT2D eigenvalue weighted by Crippen LogP contribution is 2.03. The summed E-state index contributed by atoms with van der Waals surface area (Å²) >= 11 is 1.40. The van der Waals surface area contributed by atoms with Crippen molar-refractivity contribution in [3.05, 3.63) is 0 Å². The van der Waals surface area contributed by atoms with E-state index in [0.717, 1.165) is 0 Å². The molecule has 4 unspecified atom stereocenters. The van der Waals surface area contributed by atoms with E-state index in [0.29, 0.717) is 5.75 Å². The Kier molecular flexibility index (Phi) is 12.1. The zero-order chi connectivity index (χ0) is 23.4. The second kappa shape index (κ2) is 13.4. The number of aliphatic carboxylic acids is 2. The van der Waals surface area contributed by atoms with E-state index in [9.17, 15) is 28.8 Å². The lowest BCUT2D eigenvalue weighted by atomic mass is 10.1. The predicted molar refractivity (Wildman–Crippen MR) is 106 cm³/mol. The van der Waals surface area contributed by atoms with E-state index in [1.165, 1.54) is 18.7 Å². The molecule has 0 saturated carbocycles. The van der Waals surface area contributed by atoms with Crippen molar-refractivity contribution < 1.29 is 39.0 Å². The fourth-order valence-corrected chi connectivity index (χ4v) is 2.62. The van der Waals surface area contributed by atoms with Crippen molar-refractivity contribution >= 4 is 47.3 Å². The maximum Gasteiger partial charge on any atom is 0.326 e. The Labute approximate surface area is 176 Å². The molecular formula is C16H27N5O8S. The molecule has 0 rings (SSSR count). The number of thioether (sulfide) groups is 1. The fraction of sp³-hybridized carbons (Fsp3) is 0.625. The van der Waals surface area contributed by atoms with E-state index < -0.39 is 72.6 Å². The lowest BCUT2D eigenvalue weighted by Crippen LogP contribution is -2.56. The van der Waals surface area contributed by atoms with Gasteiger partial charge in [-0.3, -0.25) is 24.0 Å². The van der Waals surface area contributed by atoms with Crippen LogP contribution >= 0.6 is 11.8 Å². The third kappa shape index (κ3) is 10.6. The summed E-state index contributed by atoms with van der Waals surface area (Å²) in [5, 5.41) is 24.4. The van der Waals surface area contributed by atoms with E-state index >= 15 is 0 Å². The van der Waals surface area contributed by atoms with E-state index in [1.54, 1.807) is 6.26 Å². The first-order valence-electron chi connectivity index (χ1n) is 8.77. The Hall–Kier alpha value is -2.87. The zero-order valence-corrected chi connectivity index (χ0v) is 17.4. The largest absolute Gasteiger partial charge is 0.481 e. The minimum Gasteiger partial charge on any atom is -0.481 e. The lowest BCUT2D eigenvalue weighted by molar-refractivity contribution is -0.147. The fourth-order valence-electron chi connectivity index (χ4n) is 2.14. The predicted octanol–water partition coefficient (Wildman–Crippen LogP) is -3.02. The number of carboxylic acids is 2. The lowest BCUT2D eigenvalue weighted by Gasteiger charge is -2.23. The highest BCUT2D eigenvalue weighted by atomic mass is 32.2. The number of carbonyl (C=O) groups is 6. The van der Waals surface area contributed by atoms with Crippen molar-refractivity contribution in [1.82, 2.24) is 16.0 Å². The second-order valence-electron chi connectivity index (χ2n) is 6.35. The van der Waals surface area contributed by atoms with Gasteiger partial charge >= 0.3 is 11.9 Å². The number of carbonyl (C=O) groups excluding carboxylic acids is 4. The molecule has 0 radical (unpaired) electrons. The molecule has 170 valence electrons. The number of carboxylic acid groups (broad SMARTS) is 2. The van der Waals surface area contributed by atoms with Crippen LogP contribution in [0.1, 0.15) is 26.2 Å². The Morgan fingerprint density at radius 2 is 1.47 bits per heavy atom. The minimum atomic E-state index is -1.67. The quantitative estimate of drug-likeness (QED) is 0.142. The van der Waals surface area contributed by atoms with Crippen LogP contribution in [-0.4, -0.2) is 82.0 Å². The first-order chi connectivity index (χ1) is 13.9. The van der Waals surface area contributed by atoms with Crippen LogP contribution in [0.3, 0.4) is 0 Å². The number of primary amides is 1. The maximum absolute atomic E-state index is 12.5. The highest BCUT2D eigenvalue weighted by Gasteiger charge is 2.29. The second-order valence-corrected chi connectivity index (χ2v) is 7.33. The highest BCUT2D eigenvalue weighted by molar-refractivity contribution is 7.98. The molecule has 13 nitrogen and oxygen atoms in total. The first-order valence-corrected chi connectivity index (χ1v) is 10.2. The summed E-state index contributed by atoms with van der Waals surface area (Å²) in [5.74, 6) is -5.72. The summed E-state index contributed by atoms with van der Waals surface area (Å²) in [4.78, 5) is 69.3. The molecular weight excluding hydrogens is 422 g/mol. The van der Waals surface area contributed by atoms with Crippen LogP contribution in [0.2, 0.25) is 0 Å². The molecule has 0 spiro atoms. The molecule has 0 aliphatic rings. The van der Waals surface area contributed by atoms with Crippen LogP contribution in [0.5, 0.6) is 0 Å². The number of amides is 4. The first kappa shape index (κ1) is 27.1. The van der Waals surface area contributed by atoms with Crippen molar-refractivity contribution in [3.8, 4) is 0 Å². The van der Waals surface area contributed by atoms with Gasteiger partial charge < -0.3 is 37.6 Å². The number of hydrogen-bond donors (Lipinski definition) is 7. The van der Waals surface area contributed by atoms with E-state index in [1.807, 2.05) is 5.32 Å². The molecule has 14 heteroatoms. The van der Waals surface area contributed by atoms with Crippen molar-refractivity contribution in [3.63, 3.8) is 0 Å². The Morgan fingerprint density at radius 3 is 1.93 bits per heavy atom. The van der Waals surface area contributed by atoms with Gasteiger partial charge in [0.15, 0.2) is 0 Å². The van der Waals surface area contributed by atoms with Crippen molar-refractivity contribution in [2.24, 2.45) is 11.5 Å². The van der Waals surface area contributed by atoms with Crippen LogP contribution in [0.25, 0.3) is 0 Å². The summed E-state index contributed by atoms with van der Waals surface area (Å²) in [7, 11) is 0. The normalized spacial score (nSPS) is 14.5. The molecule has 9 N–H and O–H groups in total. The summed E-state index contributed by atoms with van der Waals surface area (Å²) in [5.41, 5.74) is 10.5. The molecule has 0 aromatic heterocycles. The molecule has 30 heavy (non-hydrogen) atoms. The zero-order valence-electron chi connectivity index (χ0n) is 16.5. The summed E-state index contributed by atoms with van der Waals surface area (Å²) in [6.45, 7) is 1.26. The van der Waals surface area contributed by atoms with Crippen molar-refractivity contribution in [2.75, 3.05) is 12.0 Å². The molecule has 0 aliphatic heterocycles. The van der Waals surface area contributed by atoms with Crippen LogP contribution < -0.4 is 27.4 Å². The third-order valence-corrected chi connectivity index (χ3v) is 4.39. The smallest absolute Gasteiger partial charge is 0.326 e. The topological polar surface area (TPSA) is 231 Å². The van der Waals surface area contributed by atoms with E-state index in [4.69, 9.17) is 21.7 Å². The standard InChI is InChI=1S/C16H27N5O8S/c1-7(13(25)21-10(16(28)29)6-12(23)24)19-15(27)9(3-4-30-2)20-14(26)8(17)5-11(18)22/h7-10H,3-6,17H2,1-2H3,(H2,18,22)(H,19,27)(H,20,26)(H,21,25)(H,23,24)(H,28,29). The Bertz CT molecular complexity index is 674. The number of nitrogens with one attached hydrogen (secondary N) is 3. The van der Waals surface area contributed by atoms with Crippen molar-refractivity contribution in [2.45, 2.75) is 50.4 Å². The van der Waals surface area contributed by atoms with Gasteiger partial charge in [-0.25, -0.2) is 4.79 Å². The van der Waals surface area contributed by atoms with Gasteiger partial charge in [0.25, 0.3) is 0 Å². The van der Waals surface area contributed by atoms with Gasteiger partial charge in [-0.05, 0) is 25.4 Å². The molecule has 0 heterocycles. The summed E-state index contributed by atoms with van der Waals surface area (Å²) in [6.07, 6.45) is 0.709. The van der Waals surface area contributed by atoms with E-state index in [-0.39, 0.29) is 6.42 Å². The van der Waals surface area contributed by atoms with Gasteiger partial charge in [-0.1, -0.05) is 0 Å². The van der Waals surface area contributed by atoms with Gasteiger partial charge in [0.1, 0.15) is 18.1 Å². The van der Waals surface area contributed by atoms with Gasteiger partial charge in [0.2, 0.25) is 23.6 Å². The van der Waals surface area contributed by atoms with Crippen LogP contribution in [0.4, 0.5) is 0 Å². The minimum absolute atomic E-state index is 0.188. The van der Waals surface area contributed by atoms with E-state index in [2.05, 4.69) is 10.6 Å². The summed E-state index contributed by atoms with van der Waals surface area (Å²) in [6, 6.07) is -5.22. The molecule has 0 saturated heterocycles. The molecule has 0 bridgehead atoms. The van der Waals surface area contributed by atoms with Crippen LogP contribution in [0, 0.1) is 0 Å². The Morgan fingerprint density at radius 1 is 0.900 bits per heavy atom. The van der Waals surface area contributed by atoms with Crippen molar-refractivity contribution in [1.29, 1.82) is 0 Å². The maximum atomic E-state index is 12.5. The molecule has 0 aromatic carbocycles. The molecule has 4 amide bonds. The summed E-state index contributed by atoms with van der Waals surface area (Å²) < 4.78 is 0. The van der Waals surface area contributed by atoms with Gasteiger partial charge in [0.05, 0.1) is 18.9 Å². The van der Waals surface area contributed by atoms with Crippen LogP contribution in [-0.2, 0) is 28.8 Å². The third-order valence-electron chi connectivity index (χ3n) is 3.75. The number of nitrogens with two attached hydrogens (primary N) is 2. The molecule has 4 atom stereocenters. The SMILES string of the molecule is CSCCC(NC(=O)C(N)CC(N)=O)C(=O)NC(C)C(=O)NC(CC(=O)O)C(=O)O. The molecule has 0 aliphatic carbocycles. The molecule has 0 aromatic rings. The average Bonchev–Trinajstić information content (AvgIpc) is 2.62. The Balaban J connectivity index is 5.04. The van der Waals surface area contributed by atoms with Crippen LogP contribution in [0.15, 0.2) is 0 Å².